The Morgan fingerprint density at radius 2 is 2.00 bits per heavy atom. The van der Waals surface area contributed by atoms with Crippen LogP contribution in [0.5, 0.6) is 0 Å². The molecule has 6 nitrogen and oxygen atoms in total. The van der Waals surface area contributed by atoms with Gasteiger partial charge in [-0.2, -0.15) is 0 Å². The number of nitrogens with one attached hydrogen (secondary N) is 1. The van der Waals surface area contributed by atoms with E-state index in [0.717, 1.165) is 57.2 Å². The maximum absolute atomic E-state index is 13.7. The molecular weight excluding hydrogens is 415 g/mol. The van der Waals surface area contributed by atoms with Gasteiger partial charge in [-0.15, -0.1) is 0 Å². The number of hydrogen-bond donors (Lipinski definition) is 1. The van der Waals surface area contributed by atoms with Gasteiger partial charge in [0, 0.05) is 60.0 Å². The van der Waals surface area contributed by atoms with E-state index in [-0.39, 0.29) is 5.82 Å². The summed E-state index contributed by atoms with van der Waals surface area (Å²) in [6.45, 7) is 7.25. The third-order valence-electron chi connectivity index (χ3n) is 4.45. The number of piperazine rings is 1. The van der Waals surface area contributed by atoms with E-state index in [9.17, 15) is 4.39 Å². The van der Waals surface area contributed by atoms with Crippen LogP contribution in [0.25, 0.3) is 0 Å². The lowest BCUT2D eigenvalue weighted by molar-refractivity contribution is 0.0697. The van der Waals surface area contributed by atoms with Crippen LogP contribution < -0.4 is 5.32 Å². The molecule has 1 saturated heterocycles. The summed E-state index contributed by atoms with van der Waals surface area (Å²) in [6.07, 6.45) is 0.928. The van der Waals surface area contributed by atoms with Gasteiger partial charge in [-0.3, -0.25) is 9.89 Å². The normalized spacial score (nSPS) is 16.0. The molecule has 0 amide bonds. The monoisotopic (exact) mass is 444 g/mol. The number of benzene rings is 1. The number of methoxy groups -OCH3 is 1. The quantitative estimate of drug-likeness (QED) is 0.359. The molecule has 1 aromatic rings. The Hall–Kier alpha value is -1.22. The molecule has 0 radical (unpaired) electrons. The highest BCUT2D eigenvalue weighted by Gasteiger charge is 2.19. The molecule has 1 N–H and O–H groups in total. The lowest BCUT2D eigenvalue weighted by Gasteiger charge is -2.36. The summed E-state index contributed by atoms with van der Waals surface area (Å²) in [5.41, 5.74) is 1.00. The second-order valence-electron chi connectivity index (χ2n) is 6.44. The van der Waals surface area contributed by atoms with Crippen molar-refractivity contribution in [3.63, 3.8) is 0 Å². The van der Waals surface area contributed by atoms with Gasteiger partial charge in [0.15, 0.2) is 5.96 Å². The molecule has 0 aromatic heterocycles. The fourth-order valence-electron chi connectivity index (χ4n) is 2.96. The van der Waals surface area contributed by atoms with Gasteiger partial charge in [0.2, 0.25) is 0 Å². The van der Waals surface area contributed by atoms with Gasteiger partial charge in [-0.25, -0.2) is 4.39 Å². The summed E-state index contributed by atoms with van der Waals surface area (Å²) in [5.74, 6) is 0.725. The van der Waals surface area contributed by atoms with Gasteiger partial charge in [0.05, 0.1) is 17.7 Å². The van der Waals surface area contributed by atoms with Crippen molar-refractivity contribution in [1.29, 1.82) is 0 Å². The fraction of sp³-hybridized carbons (Fsp3) is 0.632. The predicted octanol–water partition coefficient (Wildman–Crippen LogP) is 2.33. The highest BCUT2D eigenvalue weighted by molar-refractivity contribution is 9.10. The van der Waals surface area contributed by atoms with Gasteiger partial charge in [-0.1, -0.05) is 6.07 Å². The zero-order valence-electron chi connectivity index (χ0n) is 16.2. The Balaban J connectivity index is 1.67. The van der Waals surface area contributed by atoms with E-state index in [1.165, 1.54) is 0 Å². The first-order valence-electron chi connectivity index (χ1n) is 9.32. The zero-order valence-corrected chi connectivity index (χ0v) is 17.8. The molecule has 0 spiro atoms. The molecule has 27 heavy (non-hydrogen) atoms. The second kappa shape index (κ2) is 12.3. The summed E-state index contributed by atoms with van der Waals surface area (Å²) in [4.78, 5) is 9.00. The Morgan fingerprint density at radius 1 is 1.22 bits per heavy atom. The van der Waals surface area contributed by atoms with Crippen LogP contribution in [0.15, 0.2) is 27.7 Å². The summed E-state index contributed by atoms with van der Waals surface area (Å²) in [6, 6.07) is 5.34. The molecule has 0 unspecified atom stereocenters. The highest BCUT2D eigenvalue weighted by Crippen LogP contribution is 2.18. The molecule has 152 valence electrons. The van der Waals surface area contributed by atoms with Crippen LogP contribution in [0.1, 0.15) is 12.0 Å². The first-order valence-corrected chi connectivity index (χ1v) is 10.1. The summed E-state index contributed by atoms with van der Waals surface area (Å²) in [7, 11) is 3.49. The topological polar surface area (TPSA) is 49.3 Å². The third-order valence-corrected chi connectivity index (χ3v) is 5.10. The van der Waals surface area contributed by atoms with Crippen molar-refractivity contribution in [2.24, 2.45) is 4.99 Å². The second-order valence-corrected chi connectivity index (χ2v) is 7.30. The number of rotatable bonds is 9. The number of nitrogens with zero attached hydrogens (tertiary/aromatic N) is 3. The van der Waals surface area contributed by atoms with Crippen LogP contribution in [0.2, 0.25) is 0 Å². The van der Waals surface area contributed by atoms with Gasteiger partial charge in [-0.05, 0) is 40.0 Å². The van der Waals surface area contributed by atoms with Gasteiger partial charge in [0.25, 0.3) is 0 Å². The van der Waals surface area contributed by atoms with Crippen molar-refractivity contribution in [3.8, 4) is 0 Å². The van der Waals surface area contributed by atoms with E-state index in [2.05, 4.69) is 36.0 Å². The van der Waals surface area contributed by atoms with E-state index < -0.39 is 0 Å². The van der Waals surface area contributed by atoms with Crippen LogP contribution in [-0.2, 0) is 16.0 Å². The van der Waals surface area contributed by atoms with E-state index in [1.807, 2.05) is 13.1 Å². The first kappa shape index (κ1) is 22.1. The molecule has 0 atom stereocenters. The predicted molar refractivity (Wildman–Crippen MR) is 110 cm³/mol. The fourth-order valence-corrected chi connectivity index (χ4v) is 3.21. The molecule has 1 aliphatic rings. The molecule has 0 bridgehead atoms. The largest absolute Gasteiger partial charge is 0.382 e. The lowest BCUT2D eigenvalue weighted by atomic mass is 10.2. The molecule has 1 aliphatic heterocycles. The van der Waals surface area contributed by atoms with Crippen molar-refractivity contribution in [2.75, 3.05) is 66.7 Å². The summed E-state index contributed by atoms with van der Waals surface area (Å²) in [5, 5.41) is 3.40. The average Bonchev–Trinajstić information content (AvgIpc) is 2.68. The van der Waals surface area contributed by atoms with Crippen molar-refractivity contribution < 1.29 is 13.9 Å². The highest BCUT2D eigenvalue weighted by atomic mass is 79.9. The van der Waals surface area contributed by atoms with Crippen molar-refractivity contribution in [2.45, 2.75) is 13.0 Å². The molecule has 0 saturated carbocycles. The summed E-state index contributed by atoms with van der Waals surface area (Å²) < 4.78 is 24.6. The minimum absolute atomic E-state index is 0.207. The van der Waals surface area contributed by atoms with Crippen LogP contribution in [-0.4, -0.2) is 82.5 Å². The van der Waals surface area contributed by atoms with E-state index >= 15 is 0 Å². The molecule has 8 heteroatoms. The van der Waals surface area contributed by atoms with Crippen LogP contribution in [0.4, 0.5) is 4.39 Å². The molecule has 1 aromatic carbocycles. The molecule has 0 aliphatic carbocycles. The maximum Gasteiger partial charge on any atom is 0.193 e. The van der Waals surface area contributed by atoms with Crippen LogP contribution in [0, 0.1) is 5.82 Å². The average molecular weight is 445 g/mol. The van der Waals surface area contributed by atoms with E-state index in [4.69, 9.17) is 9.47 Å². The molecule has 1 fully saturated rings. The smallest absolute Gasteiger partial charge is 0.193 e. The Bertz CT molecular complexity index is 595. The first-order chi connectivity index (χ1) is 13.1. The zero-order chi connectivity index (χ0) is 19.5. The standard InChI is InChI=1S/C19H30BrFN4O2/c1-22-19(23-6-3-11-27-13-12-26-2)25-9-7-24(8-10-25)15-16-4-5-17(20)18(21)14-16/h4-5,14H,3,6-13,15H2,1-2H3,(H,22,23). The van der Waals surface area contributed by atoms with Gasteiger partial charge < -0.3 is 19.7 Å². The summed E-state index contributed by atoms with van der Waals surface area (Å²) >= 11 is 3.20. The molecule has 1 heterocycles. The van der Waals surface area contributed by atoms with Crippen molar-refractivity contribution in [3.05, 3.63) is 34.1 Å². The van der Waals surface area contributed by atoms with Gasteiger partial charge in [0.1, 0.15) is 5.82 Å². The van der Waals surface area contributed by atoms with Crippen molar-refractivity contribution >= 4 is 21.9 Å². The Kier molecular flexibility index (Phi) is 10.0. The number of hydrogen-bond acceptors (Lipinski definition) is 4. The Labute approximate surface area is 169 Å². The number of guanidine groups is 1. The molecular formula is C19H30BrFN4O2. The van der Waals surface area contributed by atoms with Crippen LogP contribution in [0.3, 0.4) is 0 Å². The van der Waals surface area contributed by atoms with E-state index in [0.29, 0.717) is 24.3 Å². The van der Waals surface area contributed by atoms with Crippen LogP contribution >= 0.6 is 15.9 Å². The minimum atomic E-state index is -0.207. The third kappa shape index (κ3) is 7.73. The SMILES string of the molecule is CN=C(NCCCOCCOC)N1CCN(Cc2ccc(Br)c(F)c2)CC1. The number of aliphatic imine (C=N–C) groups is 1. The van der Waals surface area contributed by atoms with Crippen molar-refractivity contribution in [1.82, 2.24) is 15.1 Å². The van der Waals surface area contributed by atoms with E-state index in [1.54, 1.807) is 19.2 Å². The number of halogens is 2. The Morgan fingerprint density at radius 3 is 2.67 bits per heavy atom. The molecule has 2 rings (SSSR count). The lowest BCUT2D eigenvalue weighted by Crippen LogP contribution is -2.52. The number of ether oxygens (including phenoxy) is 2. The maximum atomic E-state index is 13.7. The minimum Gasteiger partial charge on any atom is -0.382 e. The van der Waals surface area contributed by atoms with Gasteiger partial charge >= 0.3 is 0 Å².